The lowest BCUT2D eigenvalue weighted by molar-refractivity contribution is -0.116. The monoisotopic (exact) mass is 402 g/mol. The number of carbonyl (C=O) groups excluding carboxylic acids is 2. The predicted molar refractivity (Wildman–Crippen MR) is 116 cm³/mol. The van der Waals surface area contributed by atoms with Gasteiger partial charge in [-0.15, -0.1) is 0 Å². The molecule has 0 saturated heterocycles. The number of phenols is 1. The molecule has 3 aromatic carbocycles. The molecule has 0 aliphatic rings. The molecule has 0 bridgehead atoms. The average Bonchev–Trinajstić information content (AvgIpc) is 2.68. The minimum absolute atomic E-state index is 0.0680. The maximum absolute atomic E-state index is 12.0. The summed E-state index contributed by atoms with van der Waals surface area (Å²) < 4.78 is 10.3. The van der Waals surface area contributed by atoms with Gasteiger partial charge in [-0.25, -0.2) is 4.79 Å². The zero-order chi connectivity index (χ0) is 21.5. The number of ether oxygens (including phenoxy) is 2. The zero-order valence-corrected chi connectivity index (χ0v) is 16.8. The van der Waals surface area contributed by atoms with Crippen molar-refractivity contribution in [3.63, 3.8) is 0 Å². The smallest absolute Gasteiger partial charge is 0.508 e. The lowest BCUT2D eigenvalue weighted by Crippen LogP contribution is -2.13. The molecule has 0 spiro atoms. The second-order valence-electron chi connectivity index (χ2n) is 6.98. The molecule has 0 aromatic heterocycles. The molecule has 0 unspecified atom stereocenters. The fraction of sp³-hybridized carbons (Fsp3) is 0.120. The molecule has 5 heteroatoms. The van der Waals surface area contributed by atoms with Crippen LogP contribution in [-0.4, -0.2) is 17.0 Å². The molecule has 1 N–H and O–H groups in total. The van der Waals surface area contributed by atoms with Crippen molar-refractivity contribution in [2.24, 2.45) is 0 Å². The highest BCUT2D eigenvalue weighted by Gasteiger charge is 2.08. The van der Waals surface area contributed by atoms with E-state index >= 15 is 0 Å². The number of Topliss-reactive ketones (excluding diaryl/α,β-unsaturated/α-hetero) is 1. The molecule has 30 heavy (non-hydrogen) atoms. The van der Waals surface area contributed by atoms with Gasteiger partial charge in [-0.2, -0.15) is 0 Å². The van der Waals surface area contributed by atoms with Crippen LogP contribution in [0.15, 0.2) is 66.7 Å². The highest BCUT2D eigenvalue weighted by molar-refractivity contribution is 5.78. The maximum atomic E-state index is 12.0. The number of aryl methyl sites for hydroxylation is 1. The van der Waals surface area contributed by atoms with Crippen LogP contribution in [0.5, 0.6) is 17.2 Å². The number of benzene rings is 3. The lowest BCUT2D eigenvalue weighted by atomic mass is 10.1. The molecule has 0 radical (unpaired) electrons. The summed E-state index contributed by atoms with van der Waals surface area (Å²) in [5.74, 6) is 0.996. The Bertz CT molecular complexity index is 1040. The van der Waals surface area contributed by atoms with Gasteiger partial charge in [-0.3, -0.25) is 4.79 Å². The number of rotatable bonds is 6. The Morgan fingerprint density at radius 3 is 1.97 bits per heavy atom. The van der Waals surface area contributed by atoms with E-state index in [9.17, 15) is 14.7 Å². The summed E-state index contributed by atoms with van der Waals surface area (Å²) in [4.78, 5) is 23.1. The third-order valence-electron chi connectivity index (χ3n) is 4.21. The summed E-state index contributed by atoms with van der Waals surface area (Å²) in [5, 5.41) is 9.66. The molecule has 3 rings (SSSR count). The summed E-state index contributed by atoms with van der Waals surface area (Å²) in [5.41, 5.74) is 3.64. The van der Waals surface area contributed by atoms with Crippen LogP contribution in [0, 0.1) is 6.92 Å². The van der Waals surface area contributed by atoms with Crippen molar-refractivity contribution in [1.82, 2.24) is 0 Å². The topological polar surface area (TPSA) is 72.8 Å². The maximum Gasteiger partial charge on any atom is 0.519 e. The Kier molecular flexibility index (Phi) is 6.65. The highest BCUT2D eigenvalue weighted by Crippen LogP contribution is 2.19. The van der Waals surface area contributed by atoms with E-state index in [0.29, 0.717) is 17.9 Å². The Morgan fingerprint density at radius 1 is 0.833 bits per heavy atom. The summed E-state index contributed by atoms with van der Waals surface area (Å²) in [6.45, 7) is 3.44. The molecular weight excluding hydrogens is 380 g/mol. The molecular formula is C25H22O5. The molecule has 3 aromatic rings. The number of hydrogen-bond acceptors (Lipinski definition) is 5. The van der Waals surface area contributed by atoms with Crippen LogP contribution in [0.25, 0.3) is 12.2 Å². The van der Waals surface area contributed by atoms with E-state index in [1.165, 1.54) is 6.92 Å². The van der Waals surface area contributed by atoms with E-state index in [-0.39, 0.29) is 11.5 Å². The molecule has 0 saturated carbocycles. The normalized spacial score (nSPS) is 10.7. The van der Waals surface area contributed by atoms with Crippen LogP contribution in [0.1, 0.15) is 29.2 Å². The van der Waals surface area contributed by atoms with Crippen LogP contribution in [-0.2, 0) is 11.2 Å². The van der Waals surface area contributed by atoms with Crippen molar-refractivity contribution in [2.45, 2.75) is 20.3 Å². The van der Waals surface area contributed by atoms with E-state index in [0.717, 1.165) is 22.3 Å². The number of carbonyl (C=O) groups is 2. The first kappa shape index (κ1) is 20.9. The molecule has 0 aliphatic carbocycles. The van der Waals surface area contributed by atoms with Crippen LogP contribution >= 0.6 is 0 Å². The Balaban J connectivity index is 1.56. The van der Waals surface area contributed by atoms with Gasteiger partial charge in [0.25, 0.3) is 0 Å². The number of aromatic hydroxyl groups is 1. The van der Waals surface area contributed by atoms with Gasteiger partial charge >= 0.3 is 6.16 Å². The summed E-state index contributed by atoms with van der Waals surface area (Å²) in [6, 6.07) is 19.0. The fourth-order valence-electron chi connectivity index (χ4n) is 2.90. The van der Waals surface area contributed by atoms with Crippen molar-refractivity contribution in [2.75, 3.05) is 0 Å². The van der Waals surface area contributed by atoms with E-state index in [1.54, 1.807) is 48.5 Å². The zero-order valence-electron chi connectivity index (χ0n) is 16.8. The minimum atomic E-state index is -0.840. The second kappa shape index (κ2) is 9.56. The van der Waals surface area contributed by atoms with Gasteiger partial charge in [0.15, 0.2) is 0 Å². The molecule has 0 fully saturated rings. The van der Waals surface area contributed by atoms with E-state index < -0.39 is 6.16 Å². The van der Waals surface area contributed by atoms with Gasteiger partial charge in [-0.1, -0.05) is 42.5 Å². The van der Waals surface area contributed by atoms with Crippen LogP contribution < -0.4 is 9.47 Å². The van der Waals surface area contributed by atoms with E-state index in [1.807, 2.05) is 37.3 Å². The van der Waals surface area contributed by atoms with Gasteiger partial charge < -0.3 is 14.6 Å². The van der Waals surface area contributed by atoms with Crippen LogP contribution in [0.2, 0.25) is 0 Å². The van der Waals surface area contributed by atoms with Crippen molar-refractivity contribution < 1.29 is 24.2 Å². The molecule has 0 aliphatic heterocycles. The molecule has 0 atom stereocenters. The first-order valence-corrected chi connectivity index (χ1v) is 9.44. The lowest BCUT2D eigenvalue weighted by Gasteiger charge is -2.06. The number of ketones is 1. The van der Waals surface area contributed by atoms with Gasteiger partial charge in [-0.05, 0) is 72.5 Å². The standard InChI is InChI=1S/C25H22O5/c1-17-13-21(16-22(27)14-17)4-3-19-5-9-23(10-6-19)29-25(28)30-24-11-7-20(8-12-24)15-18(2)26/h3-14,16,27H,15H2,1-2H3/b4-3+. The summed E-state index contributed by atoms with van der Waals surface area (Å²) >= 11 is 0. The third kappa shape index (κ3) is 6.34. The van der Waals surface area contributed by atoms with Gasteiger partial charge in [0, 0.05) is 6.42 Å². The third-order valence-corrected chi connectivity index (χ3v) is 4.21. The minimum Gasteiger partial charge on any atom is -0.508 e. The first-order chi connectivity index (χ1) is 14.4. The molecule has 0 amide bonds. The fourth-order valence-corrected chi connectivity index (χ4v) is 2.90. The molecule has 152 valence electrons. The van der Waals surface area contributed by atoms with Gasteiger partial charge in [0.2, 0.25) is 0 Å². The Labute approximate surface area is 175 Å². The Morgan fingerprint density at radius 2 is 1.40 bits per heavy atom. The van der Waals surface area contributed by atoms with Gasteiger partial charge in [0.1, 0.15) is 23.0 Å². The molecule has 5 nitrogen and oxygen atoms in total. The van der Waals surface area contributed by atoms with Crippen LogP contribution in [0.4, 0.5) is 4.79 Å². The summed E-state index contributed by atoms with van der Waals surface area (Å²) in [7, 11) is 0. The summed E-state index contributed by atoms with van der Waals surface area (Å²) in [6.07, 6.45) is 3.30. The SMILES string of the molecule is CC(=O)Cc1ccc(OC(=O)Oc2ccc(/C=C/c3cc(C)cc(O)c3)cc2)cc1. The number of hydrogen-bond donors (Lipinski definition) is 1. The van der Waals surface area contributed by atoms with Crippen LogP contribution in [0.3, 0.4) is 0 Å². The highest BCUT2D eigenvalue weighted by atomic mass is 16.7. The number of phenolic OH excluding ortho intramolecular Hbond substituents is 1. The van der Waals surface area contributed by atoms with Crippen molar-refractivity contribution in [1.29, 1.82) is 0 Å². The quantitative estimate of drug-likeness (QED) is 0.331. The van der Waals surface area contributed by atoms with Gasteiger partial charge in [0.05, 0.1) is 0 Å². The van der Waals surface area contributed by atoms with E-state index in [2.05, 4.69) is 0 Å². The van der Waals surface area contributed by atoms with Crippen molar-refractivity contribution in [3.05, 3.63) is 89.0 Å². The van der Waals surface area contributed by atoms with E-state index in [4.69, 9.17) is 9.47 Å². The first-order valence-electron chi connectivity index (χ1n) is 9.44. The second-order valence-corrected chi connectivity index (χ2v) is 6.98. The van der Waals surface area contributed by atoms with Crippen molar-refractivity contribution in [3.8, 4) is 17.2 Å². The predicted octanol–water partition coefficient (Wildman–Crippen LogP) is 5.58. The average molecular weight is 402 g/mol. The Hall–Kier alpha value is -3.86. The van der Waals surface area contributed by atoms with Crippen molar-refractivity contribution >= 4 is 24.1 Å². The largest absolute Gasteiger partial charge is 0.519 e. The molecule has 0 heterocycles.